The lowest BCUT2D eigenvalue weighted by molar-refractivity contribution is 0.409. The lowest BCUT2D eigenvalue weighted by Crippen LogP contribution is -2.01. The molecular weight excluding hydrogens is 276 g/mol. The predicted molar refractivity (Wildman–Crippen MR) is 91.3 cm³/mol. The smallest absolute Gasteiger partial charge is 0.122 e. The highest BCUT2D eigenvalue weighted by Gasteiger charge is 1.99. The van der Waals surface area contributed by atoms with Gasteiger partial charge in [0.2, 0.25) is 0 Å². The van der Waals surface area contributed by atoms with Crippen LogP contribution in [0.1, 0.15) is 17.5 Å². The minimum Gasteiger partial charge on any atom is -0.497 e. The van der Waals surface area contributed by atoms with Crippen LogP contribution in [0.4, 0.5) is 0 Å². The van der Waals surface area contributed by atoms with Crippen molar-refractivity contribution in [2.75, 3.05) is 20.8 Å². The number of rotatable bonds is 6. The Morgan fingerprint density at radius 1 is 0.909 bits per heavy atom. The minimum absolute atomic E-state index is 0.567. The lowest BCUT2D eigenvalue weighted by atomic mass is 10.1. The quantitative estimate of drug-likeness (QED) is 0.861. The van der Waals surface area contributed by atoms with Crippen molar-refractivity contribution >= 4 is 0 Å². The molecule has 0 radical (unpaired) electrons. The van der Waals surface area contributed by atoms with E-state index in [9.17, 15) is 0 Å². The summed E-state index contributed by atoms with van der Waals surface area (Å²) in [5, 5.41) is 0. The van der Waals surface area contributed by atoms with Crippen LogP contribution in [0, 0.1) is 0 Å². The van der Waals surface area contributed by atoms with E-state index in [4.69, 9.17) is 20.9 Å². The van der Waals surface area contributed by atoms with Crippen LogP contribution in [0.3, 0.4) is 0 Å². The second kappa shape index (κ2) is 10.7. The lowest BCUT2D eigenvalue weighted by Gasteiger charge is -2.06. The van der Waals surface area contributed by atoms with Gasteiger partial charge in [0.15, 0.2) is 0 Å². The number of aryl methyl sites for hydroxylation is 1. The summed E-state index contributed by atoms with van der Waals surface area (Å²) in [4.78, 5) is 0. The fourth-order valence-corrected chi connectivity index (χ4v) is 2.00. The maximum absolute atomic E-state index is 5.43. The van der Waals surface area contributed by atoms with Gasteiger partial charge in [-0.2, -0.15) is 0 Å². The van der Waals surface area contributed by atoms with Crippen LogP contribution < -0.4 is 20.9 Å². The molecule has 0 atom stereocenters. The second-order valence-electron chi connectivity index (χ2n) is 4.76. The van der Waals surface area contributed by atoms with Gasteiger partial charge in [-0.3, -0.25) is 0 Å². The summed E-state index contributed by atoms with van der Waals surface area (Å²) in [7, 11) is 3.34. The Morgan fingerprint density at radius 3 is 2.32 bits per heavy atom. The van der Waals surface area contributed by atoms with Crippen molar-refractivity contribution in [2.45, 2.75) is 19.4 Å². The van der Waals surface area contributed by atoms with Crippen molar-refractivity contribution in [1.29, 1.82) is 0 Å². The number of ether oxygens (including phenoxy) is 2. The van der Waals surface area contributed by atoms with Crippen molar-refractivity contribution in [2.24, 2.45) is 11.5 Å². The van der Waals surface area contributed by atoms with E-state index in [1.807, 2.05) is 42.5 Å². The van der Waals surface area contributed by atoms with Gasteiger partial charge in [-0.05, 0) is 48.7 Å². The first-order chi connectivity index (χ1) is 10.7. The second-order valence-corrected chi connectivity index (χ2v) is 4.76. The SMILES string of the molecule is COc1cccc(CN)c1.COc1ccccc1CCCN. The van der Waals surface area contributed by atoms with Gasteiger partial charge in [-0.15, -0.1) is 0 Å². The third kappa shape index (κ3) is 6.16. The summed E-state index contributed by atoms with van der Waals surface area (Å²) in [6.07, 6.45) is 2.01. The normalized spacial score (nSPS) is 9.64. The Hall–Kier alpha value is -2.04. The summed E-state index contributed by atoms with van der Waals surface area (Å²) in [5.41, 5.74) is 13.2. The monoisotopic (exact) mass is 302 g/mol. The van der Waals surface area contributed by atoms with E-state index in [1.165, 1.54) is 5.56 Å². The van der Waals surface area contributed by atoms with E-state index in [0.29, 0.717) is 6.54 Å². The molecule has 4 heteroatoms. The molecule has 0 aromatic heterocycles. The molecule has 0 fully saturated rings. The highest BCUT2D eigenvalue weighted by Crippen LogP contribution is 2.18. The standard InChI is InChI=1S/C10H15NO.C8H11NO/c1-12-10-7-3-2-5-9(10)6-4-8-11;1-10-8-4-2-3-7(5-8)6-9/h2-3,5,7H,4,6,8,11H2,1H3;2-5H,6,9H2,1H3. The molecule has 0 unspecified atom stereocenters. The van der Waals surface area contributed by atoms with Crippen LogP contribution in [0.5, 0.6) is 11.5 Å². The van der Waals surface area contributed by atoms with E-state index in [0.717, 1.165) is 36.4 Å². The molecular formula is C18H26N2O2. The molecule has 2 aromatic carbocycles. The van der Waals surface area contributed by atoms with Crippen molar-refractivity contribution in [3.63, 3.8) is 0 Å². The maximum Gasteiger partial charge on any atom is 0.122 e. The van der Waals surface area contributed by atoms with E-state index in [1.54, 1.807) is 14.2 Å². The highest BCUT2D eigenvalue weighted by atomic mass is 16.5. The molecule has 0 aliphatic heterocycles. The average molecular weight is 302 g/mol. The van der Waals surface area contributed by atoms with E-state index in [-0.39, 0.29) is 0 Å². The molecule has 0 spiro atoms. The van der Waals surface area contributed by atoms with E-state index in [2.05, 4.69) is 6.07 Å². The highest BCUT2D eigenvalue weighted by molar-refractivity contribution is 5.33. The topological polar surface area (TPSA) is 70.5 Å². The Balaban J connectivity index is 0.000000224. The summed E-state index contributed by atoms with van der Waals surface area (Å²) in [6.45, 7) is 1.30. The molecule has 4 N–H and O–H groups in total. The molecule has 22 heavy (non-hydrogen) atoms. The molecule has 0 bridgehead atoms. The number of para-hydroxylation sites is 1. The van der Waals surface area contributed by atoms with Gasteiger partial charge in [0.25, 0.3) is 0 Å². The van der Waals surface area contributed by atoms with Crippen molar-refractivity contribution in [3.05, 3.63) is 59.7 Å². The Labute approximate surface area is 133 Å². The van der Waals surface area contributed by atoms with Crippen LogP contribution >= 0.6 is 0 Å². The van der Waals surface area contributed by atoms with Crippen LogP contribution in [-0.2, 0) is 13.0 Å². The third-order valence-corrected chi connectivity index (χ3v) is 3.21. The molecule has 2 rings (SSSR count). The predicted octanol–water partition coefficient (Wildman–Crippen LogP) is 2.74. The number of methoxy groups -OCH3 is 2. The van der Waals surface area contributed by atoms with Crippen molar-refractivity contribution < 1.29 is 9.47 Å². The zero-order valence-corrected chi connectivity index (χ0v) is 13.4. The molecule has 0 amide bonds. The number of nitrogens with two attached hydrogens (primary N) is 2. The maximum atomic E-state index is 5.43. The van der Waals surface area contributed by atoms with Crippen LogP contribution in [-0.4, -0.2) is 20.8 Å². The number of hydrogen-bond donors (Lipinski definition) is 2. The van der Waals surface area contributed by atoms with Gasteiger partial charge in [-0.1, -0.05) is 30.3 Å². The van der Waals surface area contributed by atoms with Crippen LogP contribution in [0.2, 0.25) is 0 Å². The largest absolute Gasteiger partial charge is 0.497 e. The van der Waals surface area contributed by atoms with Gasteiger partial charge in [0.05, 0.1) is 14.2 Å². The first-order valence-electron chi connectivity index (χ1n) is 7.40. The van der Waals surface area contributed by atoms with Gasteiger partial charge in [0.1, 0.15) is 11.5 Å². The molecule has 0 saturated carbocycles. The summed E-state index contributed by atoms with van der Waals surface area (Å²) >= 11 is 0. The Kier molecular flexibility index (Phi) is 8.72. The minimum atomic E-state index is 0.567. The van der Waals surface area contributed by atoms with E-state index >= 15 is 0 Å². The molecule has 0 aliphatic rings. The molecule has 120 valence electrons. The molecule has 0 aliphatic carbocycles. The molecule has 0 heterocycles. The Morgan fingerprint density at radius 2 is 1.68 bits per heavy atom. The fourth-order valence-electron chi connectivity index (χ4n) is 2.00. The third-order valence-electron chi connectivity index (χ3n) is 3.21. The van der Waals surface area contributed by atoms with Crippen molar-refractivity contribution in [3.8, 4) is 11.5 Å². The summed E-state index contributed by atoms with van der Waals surface area (Å²) in [5.74, 6) is 1.83. The average Bonchev–Trinajstić information content (AvgIpc) is 2.60. The fraction of sp³-hybridized carbons (Fsp3) is 0.333. The zero-order chi connectivity index (χ0) is 16.2. The first kappa shape index (κ1) is 18.0. The van der Waals surface area contributed by atoms with Crippen LogP contribution in [0.15, 0.2) is 48.5 Å². The van der Waals surface area contributed by atoms with Gasteiger partial charge < -0.3 is 20.9 Å². The van der Waals surface area contributed by atoms with Gasteiger partial charge in [-0.25, -0.2) is 0 Å². The van der Waals surface area contributed by atoms with Crippen molar-refractivity contribution in [1.82, 2.24) is 0 Å². The zero-order valence-electron chi connectivity index (χ0n) is 13.4. The Bertz CT molecular complexity index is 525. The number of hydrogen-bond acceptors (Lipinski definition) is 4. The van der Waals surface area contributed by atoms with Gasteiger partial charge >= 0.3 is 0 Å². The summed E-state index contributed by atoms with van der Waals surface area (Å²) < 4.78 is 10.2. The van der Waals surface area contributed by atoms with Gasteiger partial charge in [0, 0.05) is 6.54 Å². The number of benzene rings is 2. The van der Waals surface area contributed by atoms with E-state index < -0.39 is 0 Å². The summed E-state index contributed by atoms with van der Waals surface area (Å²) in [6, 6.07) is 15.8. The molecule has 4 nitrogen and oxygen atoms in total. The molecule has 0 saturated heterocycles. The first-order valence-corrected chi connectivity index (χ1v) is 7.40. The molecule has 2 aromatic rings. The van der Waals surface area contributed by atoms with Crippen LogP contribution in [0.25, 0.3) is 0 Å².